The number of para-hydroxylation sites is 1. The number of nitrogens with zero attached hydrogens (tertiary/aromatic N) is 1. The second-order valence-corrected chi connectivity index (χ2v) is 5.82. The SMILES string of the molecule is CCOCCCNC(=NC)NCc1cccc(COc2ccccc2)c1.I. The lowest BCUT2D eigenvalue weighted by Gasteiger charge is -2.13. The average molecular weight is 483 g/mol. The molecule has 2 aromatic rings. The van der Waals surface area contributed by atoms with Crippen LogP contribution in [0.4, 0.5) is 0 Å². The summed E-state index contributed by atoms with van der Waals surface area (Å²) < 4.78 is 11.1. The molecule has 0 heterocycles. The Balaban J connectivity index is 0.00000364. The van der Waals surface area contributed by atoms with Gasteiger partial charge in [-0.1, -0.05) is 42.5 Å². The van der Waals surface area contributed by atoms with Crippen LogP contribution in [-0.4, -0.2) is 32.8 Å². The largest absolute Gasteiger partial charge is 0.489 e. The molecule has 0 radical (unpaired) electrons. The molecule has 6 heteroatoms. The van der Waals surface area contributed by atoms with Crippen molar-refractivity contribution in [2.24, 2.45) is 4.99 Å². The fourth-order valence-electron chi connectivity index (χ4n) is 2.44. The van der Waals surface area contributed by atoms with E-state index in [1.807, 2.05) is 37.3 Å². The Hall–Kier alpha value is -1.80. The van der Waals surface area contributed by atoms with Crippen LogP contribution >= 0.6 is 24.0 Å². The summed E-state index contributed by atoms with van der Waals surface area (Å²) in [6.07, 6.45) is 0.959. The van der Waals surface area contributed by atoms with Crippen LogP contribution in [0.5, 0.6) is 5.75 Å². The molecule has 0 aliphatic carbocycles. The summed E-state index contributed by atoms with van der Waals surface area (Å²) in [6.45, 7) is 5.64. The maximum atomic E-state index is 5.81. The molecule has 2 N–H and O–H groups in total. The molecule has 0 atom stereocenters. The van der Waals surface area contributed by atoms with Gasteiger partial charge in [0.25, 0.3) is 0 Å². The monoisotopic (exact) mass is 483 g/mol. The minimum absolute atomic E-state index is 0. The van der Waals surface area contributed by atoms with Crippen molar-refractivity contribution in [3.05, 3.63) is 65.7 Å². The predicted molar refractivity (Wildman–Crippen MR) is 122 cm³/mol. The number of ether oxygens (including phenoxy) is 2. The number of hydrogen-bond acceptors (Lipinski definition) is 3. The number of hydrogen-bond donors (Lipinski definition) is 2. The van der Waals surface area contributed by atoms with Crippen LogP contribution in [-0.2, 0) is 17.9 Å². The number of guanidine groups is 1. The Morgan fingerprint density at radius 1 is 1.00 bits per heavy atom. The van der Waals surface area contributed by atoms with Gasteiger partial charge in [-0.3, -0.25) is 4.99 Å². The number of rotatable bonds is 10. The molecule has 0 bridgehead atoms. The lowest BCUT2D eigenvalue weighted by Crippen LogP contribution is -2.37. The van der Waals surface area contributed by atoms with Crippen LogP contribution < -0.4 is 15.4 Å². The summed E-state index contributed by atoms with van der Waals surface area (Å²) in [7, 11) is 1.78. The highest BCUT2D eigenvalue weighted by Gasteiger charge is 2.01. The molecule has 27 heavy (non-hydrogen) atoms. The van der Waals surface area contributed by atoms with Gasteiger partial charge in [-0.25, -0.2) is 0 Å². The molecule has 0 fully saturated rings. The molecule has 0 spiro atoms. The maximum absolute atomic E-state index is 5.81. The van der Waals surface area contributed by atoms with Crippen molar-refractivity contribution >= 4 is 29.9 Å². The molecule has 148 valence electrons. The third-order valence-corrected chi connectivity index (χ3v) is 3.79. The molecular formula is C21H30IN3O2. The molecule has 0 aliphatic rings. The average Bonchev–Trinajstić information content (AvgIpc) is 2.69. The summed E-state index contributed by atoms with van der Waals surface area (Å²) in [5, 5.41) is 6.63. The zero-order chi connectivity index (χ0) is 18.5. The first-order chi connectivity index (χ1) is 12.8. The Morgan fingerprint density at radius 3 is 2.52 bits per heavy atom. The molecule has 0 aromatic heterocycles. The van der Waals surface area contributed by atoms with Crippen LogP contribution in [0.15, 0.2) is 59.6 Å². The van der Waals surface area contributed by atoms with Crippen LogP contribution in [0.1, 0.15) is 24.5 Å². The van der Waals surface area contributed by atoms with Crippen LogP contribution in [0.3, 0.4) is 0 Å². The molecule has 0 saturated heterocycles. The van der Waals surface area contributed by atoms with E-state index in [1.165, 1.54) is 5.56 Å². The zero-order valence-electron chi connectivity index (χ0n) is 16.1. The van der Waals surface area contributed by atoms with Crippen LogP contribution in [0.2, 0.25) is 0 Å². The quantitative estimate of drug-likeness (QED) is 0.233. The molecular weight excluding hydrogens is 453 g/mol. The number of halogens is 1. The Morgan fingerprint density at radius 2 is 1.78 bits per heavy atom. The maximum Gasteiger partial charge on any atom is 0.191 e. The third kappa shape index (κ3) is 9.63. The van der Waals surface area contributed by atoms with E-state index >= 15 is 0 Å². The summed E-state index contributed by atoms with van der Waals surface area (Å²) in [4.78, 5) is 4.25. The fourth-order valence-corrected chi connectivity index (χ4v) is 2.44. The molecule has 0 aliphatic heterocycles. The number of benzene rings is 2. The summed E-state index contributed by atoms with van der Waals surface area (Å²) in [5.74, 6) is 1.68. The van der Waals surface area contributed by atoms with E-state index in [-0.39, 0.29) is 24.0 Å². The predicted octanol–water partition coefficient (Wildman–Crippen LogP) is 3.98. The lowest BCUT2D eigenvalue weighted by molar-refractivity contribution is 0.145. The summed E-state index contributed by atoms with van der Waals surface area (Å²) in [6, 6.07) is 18.2. The van der Waals surface area contributed by atoms with Crippen molar-refractivity contribution in [1.82, 2.24) is 10.6 Å². The van der Waals surface area contributed by atoms with Gasteiger partial charge < -0.3 is 20.1 Å². The standard InChI is InChI=1S/C21H29N3O2.HI/c1-3-25-14-8-13-23-21(22-2)24-16-18-9-7-10-19(15-18)17-26-20-11-5-4-6-12-20;/h4-7,9-12,15H,3,8,13-14,16-17H2,1-2H3,(H2,22,23,24);1H. The second-order valence-electron chi connectivity index (χ2n) is 5.82. The van der Waals surface area contributed by atoms with Gasteiger partial charge in [0.1, 0.15) is 12.4 Å². The molecule has 0 amide bonds. The normalized spacial score (nSPS) is 10.8. The Kier molecular flexibility index (Phi) is 12.3. The van der Waals surface area contributed by atoms with Crippen molar-refractivity contribution in [3.63, 3.8) is 0 Å². The smallest absolute Gasteiger partial charge is 0.191 e. The van der Waals surface area contributed by atoms with E-state index in [4.69, 9.17) is 9.47 Å². The molecule has 2 aromatic carbocycles. The molecule has 0 saturated carbocycles. The van der Waals surface area contributed by atoms with E-state index in [0.29, 0.717) is 13.2 Å². The Labute approximate surface area is 179 Å². The van der Waals surface area contributed by atoms with Crippen LogP contribution in [0, 0.1) is 0 Å². The van der Waals surface area contributed by atoms with Crippen molar-refractivity contribution < 1.29 is 9.47 Å². The highest BCUT2D eigenvalue weighted by Crippen LogP contribution is 2.12. The lowest BCUT2D eigenvalue weighted by atomic mass is 10.1. The first-order valence-electron chi connectivity index (χ1n) is 9.09. The van der Waals surface area contributed by atoms with Gasteiger partial charge in [0.2, 0.25) is 0 Å². The van der Waals surface area contributed by atoms with E-state index in [9.17, 15) is 0 Å². The molecule has 0 unspecified atom stereocenters. The minimum Gasteiger partial charge on any atom is -0.489 e. The molecule has 2 rings (SSSR count). The number of aliphatic imine (C=N–C) groups is 1. The van der Waals surface area contributed by atoms with Gasteiger partial charge in [0.15, 0.2) is 5.96 Å². The van der Waals surface area contributed by atoms with Crippen LogP contribution in [0.25, 0.3) is 0 Å². The van der Waals surface area contributed by atoms with E-state index in [1.54, 1.807) is 7.05 Å². The first kappa shape index (κ1) is 23.2. The number of nitrogens with one attached hydrogen (secondary N) is 2. The summed E-state index contributed by atoms with van der Waals surface area (Å²) >= 11 is 0. The highest BCUT2D eigenvalue weighted by atomic mass is 127. The van der Waals surface area contributed by atoms with Crippen molar-refractivity contribution in [1.29, 1.82) is 0 Å². The van der Waals surface area contributed by atoms with Gasteiger partial charge in [-0.05, 0) is 36.6 Å². The minimum atomic E-state index is 0. The highest BCUT2D eigenvalue weighted by molar-refractivity contribution is 14.0. The third-order valence-electron chi connectivity index (χ3n) is 3.79. The second kappa shape index (κ2) is 14.3. The summed E-state index contributed by atoms with van der Waals surface area (Å²) in [5.41, 5.74) is 2.34. The van der Waals surface area contributed by atoms with Crippen molar-refractivity contribution in [2.45, 2.75) is 26.5 Å². The van der Waals surface area contributed by atoms with Crippen molar-refractivity contribution in [3.8, 4) is 5.75 Å². The van der Waals surface area contributed by atoms with Crippen molar-refractivity contribution in [2.75, 3.05) is 26.8 Å². The Bertz CT molecular complexity index is 665. The molecule has 5 nitrogen and oxygen atoms in total. The fraction of sp³-hybridized carbons (Fsp3) is 0.381. The van der Waals surface area contributed by atoms with Gasteiger partial charge in [0, 0.05) is 33.4 Å². The first-order valence-corrected chi connectivity index (χ1v) is 9.09. The van der Waals surface area contributed by atoms with E-state index in [0.717, 1.165) is 43.5 Å². The van der Waals surface area contributed by atoms with Gasteiger partial charge in [0.05, 0.1) is 0 Å². The van der Waals surface area contributed by atoms with Gasteiger partial charge in [-0.15, -0.1) is 24.0 Å². The van der Waals surface area contributed by atoms with Gasteiger partial charge in [-0.2, -0.15) is 0 Å². The van der Waals surface area contributed by atoms with Gasteiger partial charge >= 0.3 is 0 Å². The van der Waals surface area contributed by atoms with E-state index < -0.39 is 0 Å². The van der Waals surface area contributed by atoms with E-state index in [2.05, 4.69) is 39.9 Å². The topological polar surface area (TPSA) is 54.9 Å². The zero-order valence-corrected chi connectivity index (χ0v) is 18.4.